The lowest BCUT2D eigenvalue weighted by atomic mass is 10.0. The van der Waals surface area contributed by atoms with Crippen LogP contribution in [0, 0.1) is 18.3 Å². The summed E-state index contributed by atoms with van der Waals surface area (Å²) in [7, 11) is 0. The summed E-state index contributed by atoms with van der Waals surface area (Å²) in [6, 6.07) is 17.9. The van der Waals surface area contributed by atoms with E-state index in [0.717, 1.165) is 39.1 Å². The van der Waals surface area contributed by atoms with Crippen LogP contribution in [0.5, 0.6) is 5.75 Å². The number of nitrogens with zero attached hydrogens (tertiary/aromatic N) is 2. The molecule has 1 fully saturated rings. The Labute approximate surface area is 184 Å². The zero-order valence-corrected chi connectivity index (χ0v) is 18.2. The molecule has 0 spiro atoms. The number of benzene rings is 2. The SMILES string of the molecule is Cc1cccc(C(CNC(=O)CCCCOc2cccc(C#N)c2)N2CCOCC2)c1. The minimum absolute atomic E-state index is 0.0670. The number of morpholine rings is 1. The predicted molar refractivity (Wildman–Crippen MR) is 120 cm³/mol. The fourth-order valence-corrected chi connectivity index (χ4v) is 3.76. The molecule has 0 bridgehead atoms. The van der Waals surface area contributed by atoms with Crippen LogP contribution in [0.3, 0.4) is 0 Å². The van der Waals surface area contributed by atoms with Crippen molar-refractivity contribution in [1.82, 2.24) is 10.2 Å². The Morgan fingerprint density at radius 2 is 2.00 bits per heavy atom. The van der Waals surface area contributed by atoms with Gasteiger partial charge in [0.05, 0.1) is 37.5 Å². The summed E-state index contributed by atoms with van der Waals surface area (Å²) in [5, 5.41) is 12.1. The second-order valence-corrected chi connectivity index (χ2v) is 7.83. The van der Waals surface area contributed by atoms with Gasteiger partial charge in [0.15, 0.2) is 0 Å². The quantitative estimate of drug-likeness (QED) is 0.593. The van der Waals surface area contributed by atoms with Gasteiger partial charge in [-0.15, -0.1) is 0 Å². The Morgan fingerprint density at radius 3 is 2.77 bits per heavy atom. The number of carbonyl (C=O) groups is 1. The first-order valence-corrected chi connectivity index (χ1v) is 10.9. The number of unbranched alkanes of at least 4 members (excludes halogenated alkanes) is 1. The molecule has 2 aromatic rings. The number of rotatable bonds is 10. The van der Waals surface area contributed by atoms with Crippen LogP contribution in [-0.2, 0) is 9.53 Å². The van der Waals surface area contributed by atoms with Crippen molar-refractivity contribution >= 4 is 5.91 Å². The van der Waals surface area contributed by atoms with Gasteiger partial charge in [0.25, 0.3) is 0 Å². The lowest BCUT2D eigenvalue weighted by molar-refractivity contribution is -0.121. The Bertz CT molecular complexity index is 888. The van der Waals surface area contributed by atoms with Crippen molar-refractivity contribution < 1.29 is 14.3 Å². The molecule has 0 aromatic heterocycles. The van der Waals surface area contributed by atoms with Gasteiger partial charge in [0.2, 0.25) is 5.91 Å². The van der Waals surface area contributed by atoms with E-state index in [-0.39, 0.29) is 11.9 Å². The van der Waals surface area contributed by atoms with Crippen LogP contribution in [0.4, 0.5) is 0 Å². The summed E-state index contributed by atoms with van der Waals surface area (Å²) in [6.07, 6.45) is 2.02. The van der Waals surface area contributed by atoms with E-state index in [2.05, 4.69) is 47.5 Å². The molecule has 1 saturated heterocycles. The third-order valence-electron chi connectivity index (χ3n) is 5.44. The van der Waals surface area contributed by atoms with Gasteiger partial charge < -0.3 is 14.8 Å². The summed E-state index contributed by atoms with van der Waals surface area (Å²) in [5.41, 5.74) is 3.04. The highest BCUT2D eigenvalue weighted by atomic mass is 16.5. The molecule has 3 rings (SSSR count). The van der Waals surface area contributed by atoms with E-state index >= 15 is 0 Å². The van der Waals surface area contributed by atoms with E-state index in [1.165, 1.54) is 11.1 Å². The number of amides is 1. The number of carbonyl (C=O) groups excluding carboxylic acids is 1. The van der Waals surface area contributed by atoms with Crippen molar-refractivity contribution in [3.05, 3.63) is 65.2 Å². The van der Waals surface area contributed by atoms with Gasteiger partial charge in [-0.05, 0) is 43.5 Å². The van der Waals surface area contributed by atoms with E-state index in [4.69, 9.17) is 14.7 Å². The van der Waals surface area contributed by atoms with Crippen LogP contribution in [0.15, 0.2) is 48.5 Å². The van der Waals surface area contributed by atoms with Crippen molar-refractivity contribution in [3.8, 4) is 11.8 Å². The summed E-state index contributed by atoms with van der Waals surface area (Å²) in [4.78, 5) is 14.8. The molecule has 1 amide bonds. The maximum atomic E-state index is 12.4. The van der Waals surface area contributed by atoms with E-state index in [1.807, 2.05) is 6.07 Å². The molecule has 1 aliphatic rings. The maximum Gasteiger partial charge on any atom is 0.220 e. The Hall–Kier alpha value is -2.88. The smallest absolute Gasteiger partial charge is 0.220 e. The number of aryl methyl sites for hydroxylation is 1. The normalized spacial score (nSPS) is 15.1. The standard InChI is InChI=1S/C25H31N3O3/c1-20-6-4-8-22(16-20)24(28-11-14-30-15-12-28)19-27-25(29)10-2-3-13-31-23-9-5-7-21(17-23)18-26/h4-9,16-17,24H,2-3,10-15,19H2,1H3,(H,27,29). The molecular weight excluding hydrogens is 390 g/mol. The Kier molecular flexibility index (Phi) is 8.89. The molecule has 1 atom stereocenters. The highest BCUT2D eigenvalue weighted by Gasteiger charge is 2.23. The summed E-state index contributed by atoms with van der Waals surface area (Å²) in [6.45, 7) is 6.43. The van der Waals surface area contributed by atoms with Gasteiger partial charge in [-0.3, -0.25) is 9.69 Å². The van der Waals surface area contributed by atoms with Crippen molar-refractivity contribution in [2.24, 2.45) is 0 Å². The highest BCUT2D eigenvalue weighted by molar-refractivity contribution is 5.75. The Morgan fingerprint density at radius 1 is 1.19 bits per heavy atom. The molecule has 0 radical (unpaired) electrons. The number of hydrogen-bond acceptors (Lipinski definition) is 5. The molecule has 2 aromatic carbocycles. The number of nitriles is 1. The number of nitrogens with one attached hydrogen (secondary N) is 1. The second-order valence-electron chi connectivity index (χ2n) is 7.83. The van der Waals surface area contributed by atoms with Gasteiger partial charge in [0.1, 0.15) is 5.75 Å². The summed E-state index contributed by atoms with van der Waals surface area (Å²) < 4.78 is 11.2. The zero-order chi connectivity index (χ0) is 21.9. The fraction of sp³-hybridized carbons (Fsp3) is 0.440. The molecular formula is C25H31N3O3. The van der Waals surface area contributed by atoms with E-state index in [1.54, 1.807) is 18.2 Å². The van der Waals surface area contributed by atoms with Crippen LogP contribution in [0.25, 0.3) is 0 Å². The first-order valence-electron chi connectivity index (χ1n) is 10.9. The molecule has 0 aliphatic carbocycles. The van der Waals surface area contributed by atoms with Gasteiger partial charge in [-0.2, -0.15) is 5.26 Å². The number of hydrogen-bond donors (Lipinski definition) is 1. The molecule has 31 heavy (non-hydrogen) atoms. The maximum absolute atomic E-state index is 12.4. The van der Waals surface area contributed by atoms with E-state index in [9.17, 15) is 4.79 Å². The summed E-state index contributed by atoms with van der Waals surface area (Å²) >= 11 is 0. The molecule has 1 N–H and O–H groups in total. The zero-order valence-electron chi connectivity index (χ0n) is 18.2. The van der Waals surface area contributed by atoms with Crippen LogP contribution in [-0.4, -0.2) is 50.3 Å². The van der Waals surface area contributed by atoms with Crippen LogP contribution in [0.2, 0.25) is 0 Å². The van der Waals surface area contributed by atoms with Crippen molar-refractivity contribution in [2.45, 2.75) is 32.2 Å². The molecule has 1 heterocycles. The van der Waals surface area contributed by atoms with Crippen molar-refractivity contribution in [3.63, 3.8) is 0 Å². The molecule has 6 nitrogen and oxygen atoms in total. The van der Waals surface area contributed by atoms with Gasteiger partial charge in [0, 0.05) is 26.1 Å². The van der Waals surface area contributed by atoms with Crippen molar-refractivity contribution in [2.75, 3.05) is 39.5 Å². The Balaban J connectivity index is 1.42. The first kappa shape index (κ1) is 22.8. The third-order valence-corrected chi connectivity index (χ3v) is 5.44. The predicted octanol–water partition coefficient (Wildman–Crippen LogP) is 3.61. The largest absolute Gasteiger partial charge is 0.494 e. The minimum atomic E-state index is 0.0670. The van der Waals surface area contributed by atoms with Crippen LogP contribution >= 0.6 is 0 Å². The second kappa shape index (κ2) is 12.1. The first-order chi connectivity index (χ1) is 15.2. The lowest BCUT2D eigenvalue weighted by Crippen LogP contribution is -2.43. The topological polar surface area (TPSA) is 74.6 Å². The number of ether oxygens (including phenoxy) is 2. The van der Waals surface area contributed by atoms with E-state index in [0.29, 0.717) is 30.9 Å². The molecule has 0 saturated carbocycles. The lowest BCUT2D eigenvalue weighted by Gasteiger charge is -2.35. The molecule has 164 valence electrons. The summed E-state index contributed by atoms with van der Waals surface area (Å²) in [5.74, 6) is 0.757. The van der Waals surface area contributed by atoms with Gasteiger partial charge >= 0.3 is 0 Å². The van der Waals surface area contributed by atoms with Gasteiger partial charge in [-0.1, -0.05) is 35.9 Å². The monoisotopic (exact) mass is 421 g/mol. The highest BCUT2D eigenvalue weighted by Crippen LogP contribution is 2.22. The molecule has 1 unspecified atom stereocenters. The average molecular weight is 422 g/mol. The minimum Gasteiger partial charge on any atom is -0.494 e. The van der Waals surface area contributed by atoms with Crippen LogP contribution in [0.1, 0.15) is 42.0 Å². The fourth-order valence-electron chi connectivity index (χ4n) is 3.76. The molecule has 6 heteroatoms. The van der Waals surface area contributed by atoms with Gasteiger partial charge in [-0.25, -0.2) is 0 Å². The van der Waals surface area contributed by atoms with Crippen molar-refractivity contribution in [1.29, 1.82) is 5.26 Å². The van der Waals surface area contributed by atoms with Crippen LogP contribution < -0.4 is 10.1 Å². The average Bonchev–Trinajstić information content (AvgIpc) is 2.80. The third kappa shape index (κ3) is 7.39. The van der Waals surface area contributed by atoms with E-state index < -0.39 is 0 Å². The molecule has 1 aliphatic heterocycles.